The van der Waals surface area contributed by atoms with Crippen LogP contribution in [0.15, 0.2) is 48.5 Å². The molecule has 2 aromatic carbocycles. The van der Waals surface area contributed by atoms with Gasteiger partial charge in [0.05, 0.1) is 0 Å². The lowest BCUT2D eigenvalue weighted by atomic mass is 10.0. The summed E-state index contributed by atoms with van der Waals surface area (Å²) in [5, 5.41) is 0. The van der Waals surface area contributed by atoms with Gasteiger partial charge in [-0.25, -0.2) is 0 Å². The van der Waals surface area contributed by atoms with Crippen LogP contribution in [0.25, 0.3) is 0 Å². The molecule has 128 valence electrons. The average molecular weight is 357 g/mol. The Labute approximate surface area is 147 Å². The third kappa shape index (κ3) is 5.65. The second-order valence-electron chi connectivity index (χ2n) is 8.23. The molecule has 0 fully saturated rings. The van der Waals surface area contributed by atoms with Gasteiger partial charge in [-0.3, -0.25) is 4.79 Å². The van der Waals surface area contributed by atoms with Gasteiger partial charge in [0.1, 0.15) is 16.5 Å². The third-order valence-electron chi connectivity index (χ3n) is 3.33. The van der Waals surface area contributed by atoms with E-state index >= 15 is 0 Å². The molecule has 2 N–H and O–H groups in total. The molecule has 3 nitrogen and oxygen atoms in total. The molecule has 0 unspecified atom stereocenters. The first-order valence-corrected chi connectivity index (χ1v) is 15.3. The molecule has 5 heteroatoms. The van der Waals surface area contributed by atoms with Gasteiger partial charge in [-0.1, -0.05) is 39.3 Å². The summed E-state index contributed by atoms with van der Waals surface area (Å²) in [5.74, 6) is 0.0640. The largest absolute Gasteiger partial charge is 0.411 e. The second kappa shape index (κ2) is 6.95. The van der Waals surface area contributed by atoms with Crippen LogP contribution in [0, 0.1) is 0 Å². The van der Waals surface area contributed by atoms with Crippen molar-refractivity contribution in [2.75, 3.05) is 9.96 Å². The van der Waals surface area contributed by atoms with Crippen LogP contribution in [-0.2, 0) is 0 Å². The summed E-state index contributed by atoms with van der Waals surface area (Å²) in [4.78, 5) is 19.7. The molecule has 24 heavy (non-hydrogen) atoms. The topological polar surface area (TPSA) is 41.1 Å². The van der Waals surface area contributed by atoms with E-state index in [9.17, 15) is 4.79 Å². The molecule has 2 rings (SSSR count). The first-order chi connectivity index (χ1) is 11.0. The molecule has 0 spiro atoms. The zero-order valence-corrected chi connectivity index (χ0v) is 17.5. The molecule has 0 radical (unpaired) electrons. The SMILES string of the molecule is C[Si](C)(C)Nc1ccc(C(=O)c2ccc(N[Si](C)(C)C)cc2)cc1. The molecule has 0 aliphatic heterocycles. The maximum absolute atomic E-state index is 12.6. The number of anilines is 2. The summed E-state index contributed by atoms with van der Waals surface area (Å²) in [5.41, 5.74) is 3.62. The quantitative estimate of drug-likeness (QED) is 0.537. The van der Waals surface area contributed by atoms with Crippen molar-refractivity contribution in [3.05, 3.63) is 59.7 Å². The van der Waals surface area contributed by atoms with Crippen LogP contribution >= 0.6 is 0 Å². The van der Waals surface area contributed by atoms with E-state index in [-0.39, 0.29) is 5.78 Å². The minimum absolute atomic E-state index is 0.0640. The van der Waals surface area contributed by atoms with E-state index in [1.807, 2.05) is 48.5 Å². The minimum atomic E-state index is -1.37. The fourth-order valence-corrected chi connectivity index (χ4v) is 4.51. The predicted molar refractivity (Wildman–Crippen MR) is 110 cm³/mol. The van der Waals surface area contributed by atoms with Crippen LogP contribution < -0.4 is 9.96 Å². The van der Waals surface area contributed by atoms with Gasteiger partial charge in [0.15, 0.2) is 5.78 Å². The Bertz CT molecular complexity index is 635. The minimum Gasteiger partial charge on any atom is -0.411 e. The van der Waals surface area contributed by atoms with Crippen LogP contribution in [0.1, 0.15) is 15.9 Å². The highest BCUT2D eigenvalue weighted by Crippen LogP contribution is 2.18. The van der Waals surface area contributed by atoms with Crippen LogP contribution in [0.4, 0.5) is 11.4 Å². The number of ketones is 1. The predicted octanol–water partition coefficient (Wildman–Crippen LogP) is 5.41. The lowest BCUT2D eigenvalue weighted by molar-refractivity contribution is 0.103. The number of nitrogens with one attached hydrogen (secondary N) is 2. The number of carbonyl (C=O) groups is 1. The van der Waals surface area contributed by atoms with Gasteiger partial charge in [0, 0.05) is 22.5 Å². The van der Waals surface area contributed by atoms with Crippen molar-refractivity contribution in [3.8, 4) is 0 Å². The number of hydrogen-bond donors (Lipinski definition) is 2. The van der Waals surface area contributed by atoms with E-state index in [4.69, 9.17) is 0 Å². The van der Waals surface area contributed by atoms with Crippen molar-refractivity contribution in [2.24, 2.45) is 0 Å². The normalized spacial score (nSPS) is 11.9. The second-order valence-corrected chi connectivity index (χ2v) is 17.7. The van der Waals surface area contributed by atoms with Crippen LogP contribution in [0.5, 0.6) is 0 Å². The Hall–Kier alpha value is -1.86. The Kier molecular flexibility index (Phi) is 5.35. The van der Waals surface area contributed by atoms with E-state index in [1.54, 1.807) is 0 Å². The maximum Gasteiger partial charge on any atom is 0.193 e. The number of rotatable bonds is 6. The van der Waals surface area contributed by atoms with Gasteiger partial charge in [0.2, 0.25) is 0 Å². The van der Waals surface area contributed by atoms with Crippen molar-refractivity contribution >= 4 is 33.6 Å². The molecule has 0 aliphatic rings. The van der Waals surface area contributed by atoms with E-state index in [0.29, 0.717) is 0 Å². The molecule has 0 saturated carbocycles. The molecule has 0 saturated heterocycles. The Morgan fingerprint density at radius 1 is 0.625 bits per heavy atom. The van der Waals surface area contributed by atoms with Gasteiger partial charge in [-0.15, -0.1) is 0 Å². The highest BCUT2D eigenvalue weighted by molar-refractivity contribution is 6.79. The summed E-state index contributed by atoms with van der Waals surface area (Å²) >= 11 is 0. The van der Waals surface area contributed by atoms with Gasteiger partial charge in [0.25, 0.3) is 0 Å². The van der Waals surface area contributed by atoms with E-state index in [2.05, 4.69) is 49.2 Å². The van der Waals surface area contributed by atoms with Gasteiger partial charge in [-0.2, -0.15) is 0 Å². The zero-order chi connectivity index (χ0) is 18.0. The molecule has 0 amide bonds. The summed E-state index contributed by atoms with van der Waals surface area (Å²) in [7, 11) is -2.74. The van der Waals surface area contributed by atoms with Crippen molar-refractivity contribution in [1.82, 2.24) is 0 Å². The molecule has 0 atom stereocenters. The van der Waals surface area contributed by atoms with Crippen molar-refractivity contribution in [3.63, 3.8) is 0 Å². The van der Waals surface area contributed by atoms with Gasteiger partial charge in [-0.05, 0) is 48.5 Å². The molecule has 0 aliphatic carbocycles. The maximum atomic E-state index is 12.6. The summed E-state index contributed by atoms with van der Waals surface area (Å²) in [6, 6.07) is 15.6. The van der Waals surface area contributed by atoms with Gasteiger partial charge < -0.3 is 9.96 Å². The highest BCUT2D eigenvalue weighted by atomic mass is 28.3. The lowest BCUT2D eigenvalue weighted by Crippen LogP contribution is -2.32. The van der Waals surface area contributed by atoms with Crippen molar-refractivity contribution in [2.45, 2.75) is 39.3 Å². The monoisotopic (exact) mass is 356 g/mol. The molecule has 2 aromatic rings. The smallest absolute Gasteiger partial charge is 0.193 e. The van der Waals surface area contributed by atoms with Crippen LogP contribution in [-0.4, -0.2) is 22.3 Å². The highest BCUT2D eigenvalue weighted by Gasteiger charge is 2.15. The van der Waals surface area contributed by atoms with Crippen LogP contribution in [0.3, 0.4) is 0 Å². The molecule has 0 bridgehead atoms. The summed E-state index contributed by atoms with van der Waals surface area (Å²) in [6.07, 6.45) is 0. The molecule has 0 aromatic heterocycles. The van der Waals surface area contributed by atoms with E-state index in [0.717, 1.165) is 22.5 Å². The van der Waals surface area contributed by atoms with Gasteiger partial charge >= 0.3 is 0 Å². The van der Waals surface area contributed by atoms with E-state index < -0.39 is 16.5 Å². The summed E-state index contributed by atoms with van der Waals surface area (Å²) in [6.45, 7) is 13.5. The Morgan fingerprint density at radius 3 is 1.17 bits per heavy atom. The fourth-order valence-electron chi connectivity index (χ4n) is 2.44. The Morgan fingerprint density at radius 2 is 0.917 bits per heavy atom. The first kappa shape index (κ1) is 18.5. The van der Waals surface area contributed by atoms with Crippen molar-refractivity contribution in [1.29, 1.82) is 0 Å². The molecule has 0 heterocycles. The average Bonchev–Trinajstić information content (AvgIpc) is 2.45. The van der Waals surface area contributed by atoms with Crippen molar-refractivity contribution < 1.29 is 4.79 Å². The number of benzene rings is 2. The number of hydrogen-bond acceptors (Lipinski definition) is 3. The first-order valence-electron chi connectivity index (χ1n) is 8.35. The van der Waals surface area contributed by atoms with Crippen LogP contribution in [0.2, 0.25) is 39.3 Å². The third-order valence-corrected chi connectivity index (χ3v) is 5.41. The molecular weight excluding hydrogens is 328 g/mol. The Balaban J connectivity index is 2.11. The number of carbonyl (C=O) groups excluding carboxylic acids is 1. The lowest BCUT2D eigenvalue weighted by Gasteiger charge is -2.20. The molecular formula is C19H28N2OSi2. The van der Waals surface area contributed by atoms with E-state index in [1.165, 1.54) is 0 Å². The summed E-state index contributed by atoms with van der Waals surface area (Å²) < 4.78 is 0. The fraction of sp³-hybridized carbons (Fsp3) is 0.316. The zero-order valence-electron chi connectivity index (χ0n) is 15.5. The standard InChI is InChI=1S/C19H28N2OSi2/c1-23(2,3)20-17-11-7-15(8-12-17)19(22)16-9-13-18(14-10-16)21-24(4,5)6/h7-14,20-21H,1-6H3.